The number of benzene rings is 2. The maximum Gasteiger partial charge on any atom is 0.224 e. The molecule has 1 amide bonds. The van der Waals surface area contributed by atoms with Gasteiger partial charge in [-0.25, -0.2) is 0 Å². The molecule has 0 saturated carbocycles. The molecule has 6 nitrogen and oxygen atoms in total. The summed E-state index contributed by atoms with van der Waals surface area (Å²) in [5.41, 5.74) is 3.23. The molecule has 2 aromatic carbocycles. The number of rotatable bonds is 7. The van der Waals surface area contributed by atoms with E-state index in [1.165, 1.54) is 5.56 Å². The van der Waals surface area contributed by atoms with Crippen LogP contribution in [0, 0.1) is 11.7 Å². The zero-order valence-electron chi connectivity index (χ0n) is 16.3. The van der Waals surface area contributed by atoms with Gasteiger partial charge < -0.3 is 9.64 Å². The third-order valence-corrected chi connectivity index (χ3v) is 4.93. The first-order valence-corrected chi connectivity index (χ1v) is 9.48. The van der Waals surface area contributed by atoms with E-state index >= 15 is 0 Å². The summed E-state index contributed by atoms with van der Waals surface area (Å²) >= 11 is 5.35. The summed E-state index contributed by atoms with van der Waals surface area (Å²) < 4.78 is 7.55. The minimum absolute atomic E-state index is 0.0596. The lowest BCUT2D eigenvalue weighted by atomic mass is 10.1. The molecule has 0 fully saturated rings. The first-order valence-electron chi connectivity index (χ1n) is 9.07. The molecule has 1 heterocycles. The summed E-state index contributed by atoms with van der Waals surface area (Å²) in [5.74, 6) is 1.54. The van der Waals surface area contributed by atoms with Gasteiger partial charge in [0.05, 0.1) is 7.11 Å². The number of aromatic amines is 1. The van der Waals surface area contributed by atoms with Crippen molar-refractivity contribution in [3.8, 4) is 17.1 Å². The molecular weight excluding hydrogens is 372 g/mol. The number of nitrogens with one attached hydrogen (secondary N) is 1. The maximum absolute atomic E-state index is 12.6. The van der Waals surface area contributed by atoms with E-state index in [1.54, 1.807) is 12.0 Å². The predicted molar refractivity (Wildman–Crippen MR) is 112 cm³/mol. The Morgan fingerprint density at radius 2 is 1.86 bits per heavy atom. The third-order valence-electron chi connectivity index (χ3n) is 4.62. The monoisotopic (exact) mass is 396 g/mol. The molecular formula is C21H24N4O2S. The average molecular weight is 397 g/mol. The molecule has 28 heavy (non-hydrogen) atoms. The fraction of sp³-hybridized carbons (Fsp3) is 0.286. The van der Waals surface area contributed by atoms with Crippen LogP contribution >= 0.6 is 12.2 Å². The van der Waals surface area contributed by atoms with Crippen molar-refractivity contribution in [2.45, 2.75) is 26.4 Å². The van der Waals surface area contributed by atoms with Gasteiger partial charge in [0.1, 0.15) is 5.75 Å². The molecule has 0 unspecified atom stereocenters. The Bertz CT molecular complexity index is 990. The Hall–Kier alpha value is -2.93. The molecule has 0 atom stereocenters. The summed E-state index contributed by atoms with van der Waals surface area (Å²) in [6, 6.07) is 15.8. The van der Waals surface area contributed by atoms with Crippen LogP contribution in [0.5, 0.6) is 5.75 Å². The lowest BCUT2D eigenvalue weighted by Gasteiger charge is -2.18. The van der Waals surface area contributed by atoms with Crippen molar-refractivity contribution in [3.05, 3.63) is 64.4 Å². The lowest BCUT2D eigenvalue weighted by molar-refractivity contribution is -0.130. The fourth-order valence-electron chi connectivity index (χ4n) is 2.94. The number of carbonyl (C=O) groups excluding carboxylic acids is 1. The van der Waals surface area contributed by atoms with Gasteiger partial charge in [0.2, 0.25) is 5.91 Å². The Labute approximate surface area is 169 Å². The molecule has 0 saturated heterocycles. The number of methoxy groups -OCH3 is 1. The van der Waals surface area contributed by atoms with E-state index in [0.717, 1.165) is 16.9 Å². The van der Waals surface area contributed by atoms with Crippen molar-refractivity contribution in [1.82, 2.24) is 19.7 Å². The minimum Gasteiger partial charge on any atom is -0.497 e. The molecule has 146 valence electrons. The molecule has 0 spiro atoms. The number of carbonyl (C=O) groups is 1. The van der Waals surface area contributed by atoms with Gasteiger partial charge in [-0.1, -0.05) is 29.8 Å². The Balaban J connectivity index is 1.66. The standard InChI is InChI=1S/C21H24N4O2S/c1-15-4-6-16(7-5-15)14-24(2)19(26)12-13-25-20(22-23-21(25)28)17-8-10-18(27-3)11-9-17/h4-11H,12-14H2,1-3H3,(H,23,28). The Morgan fingerprint density at radius 3 is 2.50 bits per heavy atom. The van der Waals surface area contributed by atoms with Crippen LogP contribution < -0.4 is 4.74 Å². The number of aryl methyl sites for hydroxylation is 1. The van der Waals surface area contributed by atoms with E-state index in [1.807, 2.05) is 54.9 Å². The fourth-order valence-corrected chi connectivity index (χ4v) is 3.16. The van der Waals surface area contributed by atoms with Crippen LogP contribution in [0.2, 0.25) is 0 Å². The van der Waals surface area contributed by atoms with Gasteiger partial charge >= 0.3 is 0 Å². The van der Waals surface area contributed by atoms with Crippen molar-refractivity contribution in [3.63, 3.8) is 0 Å². The third kappa shape index (κ3) is 4.67. The molecule has 1 aromatic heterocycles. The van der Waals surface area contributed by atoms with E-state index in [4.69, 9.17) is 17.0 Å². The second-order valence-corrected chi connectivity index (χ2v) is 7.10. The van der Waals surface area contributed by atoms with E-state index in [2.05, 4.69) is 22.3 Å². The highest BCUT2D eigenvalue weighted by Gasteiger charge is 2.13. The molecule has 0 aliphatic rings. The van der Waals surface area contributed by atoms with Crippen LogP contribution in [-0.4, -0.2) is 39.7 Å². The number of hydrogen-bond donors (Lipinski definition) is 1. The van der Waals surface area contributed by atoms with Gasteiger partial charge in [-0.2, -0.15) is 5.10 Å². The second-order valence-electron chi connectivity index (χ2n) is 6.72. The number of hydrogen-bond acceptors (Lipinski definition) is 4. The highest BCUT2D eigenvalue weighted by Crippen LogP contribution is 2.21. The summed E-state index contributed by atoms with van der Waals surface area (Å²) in [7, 11) is 3.45. The number of H-pyrrole nitrogens is 1. The lowest BCUT2D eigenvalue weighted by Crippen LogP contribution is -2.27. The molecule has 3 rings (SSSR count). The van der Waals surface area contributed by atoms with Crippen molar-refractivity contribution in [1.29, 1.82) is 0 Å². The van der Waals surface area contributed by atoms with Crippen molar-refractivity contribution in [2.24, 2.45) is 0 Å². The van der Waals surface area contributed by atoms with Crippen LogP contribution in [0.1, 0.15) is 17.5 Å². The van der Waals surface area contributed by atoms with E-state index in [0.29, 0.717) is 30.1 Å². The largest absolute Gasteiger partial charge is 0.497 e. The molecule has 0 aliphatic carbocycles. The number of aromatic nitrogens is 3. The molecule has 0 aliphatic heterocycles. The van der Waals surface area contributed by atoms with Crippen LogP contribution in [0.15, 0.2) is 48.5 Å². The zero-order valence-corrected chi connectivity index (χ0v) is 17.1. The highest BCUT2D eigenvalue weighted by molar-refractivity contribution is 7.71. The highest BCUT2D eigenvalue weighted by atomic mass is 32.1. The summed E-state index contributed by atoms with van der Waals surface area (Å²) in [5, 5.41) is 7.14. The number of amides is 1. The van der Waals surface area contributed by atoms with Crippen LogP contribution in [-0.2, 0) is 17.9 Å². The molecule has 0 radical (unpaired) electrons. The topological polar surface area (TPSA) is 63.1 Å². The van der Waals surface area contributed by atoms with E-state index in [9.17, 15) is 4.79 Å². The first kappa shape index (κ1) is 19.8. The van der Waals surface area contributed by atoms with Gasteiger partial charge in [0, 0.05) is 32.1 Å². The molecule has 7 heteroatoms. The summed E-state index contributed by atoms with van der Waals surface area (Å²) in [6.45, 7) is 3.10. The number of nitrogens with zero attached hydrogens (tertiary/aromatic N) is 3. The maximum atomic E-state index is 12.6. The minimum atomic E-state index is 0.0596. The smallest absolute Gasteiger partial charge is 0.224 e. The van der Waals surface area contributed by atoms with Crippen LogP contribution in [0.4, 0.5) is 0 Å². The van der Waals surface area contributed by atoms with Gasteiger partial charge in [-0.05, 0) is 49.0 Å². The second kappa shape index (κ2) is 8.84. The van der Waals surface area contributed by atoms with Crippen molar-refractivity contribution < 1.29 is 9.53 Å². The average Bonchev–Trinajstić information content (AvgIpc) is 3.08. The Morgan fingerprint density at radius 1 is 1.18 bits per heavy atom. The SMILES string of the molecule is COc1ccc(-c2n[nH]c(=S)n2CCC(=O)N(C)Cc2ccc(C)cc2)cc1. The molecule has 1 N–H and O–H groups in total. The van der Waals surface area contributed by atoms with Gasteiger partial charge in [-0.3, -0.25) is 14.5 Å². The van der Waals surface area contributed by atoms with E-state index < -0.39 is 0 Å². The Kier molecular flexibility index (Phi) is 6.26. The quantitative estimate of drug-likeness (QED) is 0.614. The molecule has 0 bridgehead atoms. The van der Waals surface area contributed by atoms with Gasteiger partial charge in [-0.15, -0.1) is 0 Å². The summed E-state index contributed by atoms with van der Waals surface area (Å²) in [6.07, 6.45) is 0.347. The van der Waals surface area contributed by atoms with Crippen molar-refractivity contribution >= 4 is 18.1 Å². The van der Waals surface area contributed by atoms with Gasteiger partial charge in [0.25, 0.3) is 0 Å². The first-order chi connectivity index (χ1) is 13.5. The van der Waals surface area contributed by atoms with Gasteiger partial charge in [0.15, 0.2) is 10.6 Å². The number of ether oxygens (including phenoxy) is 1. The van der Waals surface area contributed by atoms with Crippen LogP contribution in [0.25, 0.3) is 11.4 Å². The van der Waals surface area contributed by atoms with Crippen molar-refractivity contribution in [2.75, 3.05) is 14.2 Å². The zero-order chi connectivity index (χ0) is 20.1. The predicted octanol–water partition coefficient (Wildman–Crippen LogP) is 3.97. The van der Waals surface area contributed by atoms with Crippen LogP contribution in [0.3, 0.4) is 0 Å². The normalized spacial score (nSPS) is 10.7. The molecule has 3 aromatic rings. The van der Waals surface area contributed by atoms with E-state index in [-0.39, 0.29) is 5.91 Å². The summed E-state index contributed by atoms with van der Waals surface area (Å²) in [4.78, 5) is 14.3.